The summed E-state index contributed by atoms with van der Waals surface area (Å²) in [6.07, 6.45) is 4.36. The van der Waals surface area contributed by atoms with Gasteiger partial charge in [0.15, 0.2) is 5.13 Å². The third kappa shape index (κ3) is 3.95. The van der Waals surface area contributed by atoms with Crippen LogP contribution in [0.15, 0.2) is 36.7 Å². The van der Waals surface area contributed by atoms with Gasteiger partial charge in [-0.15, -0.1) is 0 Å². The summed E-state index contributed by atoms with van der Waals surface area (Å²) in [7, 11) is 0. The van der Waals surface area contributed by atoms with Gasteiger partial charge in [0.05, 0.1) is 18.1 Å². The van der Waals surface area contributed by atoms with E-state index in [4.69, 9.17) is 21.1 Å². The van der Waals surface area contributed by atoms with Gasteiger partial charge in [-0.3, -0.25) is 5.32 Å². The Morgan fingerprint density at radius 1 is 1.19 bits per heavy atom. The minimum atomic E-state index is -0.478. The molecule has 3 heterocycles. The standard InChI is InChI=1S/C18H16ClN3O3S/c19-16-8-13-7-11(1-2-12(13)9-20-16)15-10-21-17(26-15)22-18(23)25-14-3-5-24-6-4-14/h1-2,7-10,14H,3-6H2,(H,21,22,23). The monoisotopic (exact) mass is 389 g/mol. The smallest absolute Gasteiger partial charge is 0.413 e. The van der Waals surface area contributed by atoms with E-state index in [0.717, 1.165) is 34.1 Å². The number of fused-ring (bicyclic) bond motifs is 1. The fourth-order valence-corrected chi connectivity index (χ4v) is 3.76. The van der Waals surface area contributed by atoms with Gasteiger partial charge in [0, 0.05) is 30.6 Å². The predicted octanol–water partition coefficient (Wildman–Crippen LogP) is 4.74. The Morgan fingerprint density at radius 2 is 2.04 bits per heavy atom. The highest BCUT2D eigenvalue weighted by atomic mass is 35.5. The van der Waals surface area contributed by atoms with E-state index in [2.05, 4.69) is 15.3 Å². The lowest BCUT2D eigenvalue weighted by Gasteiger charge is -2.21. The van der Waals surface area contributed by atoms with Crippen molar-refractivity contribution >= 4 is 44.9 Å². The topological polar surface area (TPSA) is 73.3 Å². The second kappa shape index (κ2) is 7.57. The summed E-state index contributed by atoms with van der Waals surface area (Å²) in [5.74, 6) is 0. The van der Waals surface area contributed by atoms with E-state index < -0.39 is 6.09 Å². The number of nitrogens with zero attached hydrogens (tertiary/aromatic N) is 2. The molecule has 6 nitrogen and oxygen atoms in total. The highest BCUT2D eigenvalue weighted by Crippen LogP contribution is 2.31. The molecule has 4 rings (SSSR count). The van der Waals surface area contributed by atoms with E-state index in [1.807, 2.05) is 24.3 Å². The van der Waals surface area contributed by atoms with Gasteiger partial charge in [-0.1, -0.05) is 35.1 Å². The van der Waals surface area contributed by atoms with Crippen LogP contribution in [0.25, 0.3) is 21.2 Å². The Balaban J connectivity index is 1.46. The van der Waals surface area contributed by atoms with Gasteiger partial charge in [-0.25, -0.2) is 14.8 Å². The van der Waals surface area contributed by atoms with Gasteiger partial charge in [-0.2, -0.15) is 0 Å². The van der Waals surface area contributed by atoms with Gasteiger partial charge in [0.1, 0.15) is 11.3 Å². The molecule has 3 aromatic rings. The van der Waals surface area contributed by atoms with E-state index in [9.17, 15) is 4.79 Å². The van der Waals surface area contributed by atoms with E-state index in [1.54, 1.807) is 12.4 Å². The maximum absolute atomic E-state index is 12.0. The lowest BCUT2D eigenvalue weighted by molar-refractivity contribution is 0.00592. The summed E-state index contributed by atoms with van der Waals surface area (Å²) in [6, 6.07) is 7.84. The first kappa shape index (κ1) is 17.2. The molecular weight excluding hydrogens is 374 g/mol. The minimum Gasteiger partial charge on any atom is -0.446 e. The zero-order valence-corrected chi connectivity index (χ0v) is 15.3. The van der Waals surface area contributed by atoms with Gasteiger partial charge in [0.2, 0.25) is 0 Å². The van der Waals surface area contributed by atoms with Crippen LogP contribution in [0.1, 0.15) is 12.8 Å². The zero-order valence-electron chi connectivity index (χ0n) is 13.8. The van der Waals surface area contributed by atoms with Crippen LogP contribution in [-0.4, -0.2) is 35.4 Å². The number of aromatic nitrogens is 2. The number of hydrogen-bond donors (Lipinski definition) is 1. The van der Waals surface area contributed by atoms with Crippen molar-refractivity contribution in [2.75, 3.05) is 18.5 Å². The predicted molar refractivity (Wildman–Crippen MR) is 102 cm³/mol. The number of ether oxygens (including phenoxy) is 2. The highest BCUT2D eigenvalue weighted by Gasteiger charge is 2.19. The van der Waals surface area contributed by atoms with Crippen molar-refractivity contribution in [3.8, 4) is 10.4 Å². The number of pyridine rings is 1. The molecule has 134 valence electrons. The van der Waals surface area contributed by atoms with E-state index in [-0.39, 0.29) is 6.10 Å². The van der Waals surface area contributed by atoms with E-state index >= 15 is 0 Å². The number of carbonyl (C=O) groups excluding carboxylic acids is 1. The van der Waals surface area contributed by atoms with Crippen molar-refractivity contribution in [3.05, 3.63) is 41.8 Å². The quantitative estimate of drug-likeness (QED) is 0.655. The Morgan fingerprint density at radius 3 is 2.88 bits per heavy atom. The summed E-state index contributed by atoms with van der Waals surface area (Å²) in [6.45, 7) is 1.25. The highest BCUT2D eigenvalue weighted by molar-refractivity contribution is 7.19. The third-order valence-corrected chi connectivity index (χ3v) is 5.30. The third-order valence-electron chi connectivity index (χ3n) is 4.13. The van der Waals surface area contributed by atoms with Crippen molar-refractivity contribution in [3.63, 3.8) is 0 Å². The van der Waals surface area contributed by atoms with Crippen LogP contribution in [0.2, 0.25) is 5.15 Å². The minimum absolute atomic E-state index is 0.0953. The molecule has 0 bridgehead atoms. The van der Waals surface area contributed by atoms with Gasteiger partial charge >= 0.3 is 6.09 Å². The van der Waals surface area contributed by atoms with Gasteiger partial charge in [-0.05, 0) is 23.1 Å². The second-order valence-electron chi connectivity index (χ2n) is 5.94. The summed E-state index contributed by atoms with van der Waals surface area (Å²) < 4.78 is 10.7. The van der Waals surface area contributed by atoms with Crippen LogP contribution in [0.4, 0.5) is 9.93 Å². The van der Waals surface area contributed by atoms with Crippen molar-refractivity contribution in [2.45, 2.75) is 18.9 Å². The lowest BCUT2D eigenvalue weighted by Crippen LogP contribution is -2.28. The summed E-state index contributed by atoms with van der Waals surface area (Å²) in [5, 5.41) is 5.68. The van der Waals surface area contributed by atoms with Crippen LogP contribution < -0.4 is 5.32 Å². The van der Waals surface area contributed by atoms with Crippen LogP contribution >= 0.6 is 22.9 Å². The van der Waals surface area contributed by atoms with Gasteiger partial charge in [0.25, 0.3) is 0 Å². The molecule has 1 aromatic carbocycles. The van der Waals surface area contributed by atoms with Crippen molar-refractivity contribution in [2.24, 2.45) is 0 Å². The Kier molecular flexibility index (Phi) is 5.01. The van der Waals surface area contributed by atoms with Crippen LogP contribution in [0, 0.1) is 0 Å². The molecule has 0 aliphatic carbocycles. The molecule has 1 amide bonds. The number of anilines is 1. The molecule has 1 aliphatic rings. The number of rotatable bonds is 3. The summed E-state index contributed by atoms with van der Waals surface area (Å²) in [5.41, 5.74) is 1.00. The lowest BCUT2D eigenvalue weighted by atomic mass is 10.1. The number of amides is 1. The molecule has 1 N–H and O–H groups in total. The zero-order chi connectivity index (χ0) is 17.9. The molecular formula is C18H16ClN3O3S. The normalized spacial score (nSPS) is 15.1. The van der Waals surface area contributed by atoms with E-state index in [1.165, 1.54) is 11.3 Å². The Hall–Kier alpha value is -2.22. The van der Waals surface area contributed by atoms with E-state index in [0.29, 0.717) is 23.5 Å². The molecule has 8 heteroatoms. The Bertz CT molecular complexity index is 940. The summed E-state index contributed by atoms with van der Waals surface area (Å²) >= 11 is 7.36. The Labute approximate surface area is 159 Å². The molecule has 0 atom stereocenters. The van der Waals surface area contributed by atoms with Crippen LogP contribution in [-0.2, 0) is 9.47 Å². The first-order chi connectivity index (χ1) is 12.7. The molecule has 0 saturated carbocycles. The first-order valence-electron chi connectivity index (χ1n) is 8.24. The molecule has 0 spiro atoms. The number of nitrogens with one attached hydrogen (secondary N) is 1. The maximum Gasteiger partial charge on any atom is 0.413 e. The average Bonchev–Trinajstić information content (AvgIpc) is 3.10. The second-order valence-corrected chi connectivity index (χ2v) is 7.36. The number of benzene rings is 1. The molecule has 1 saturated heterocycles. The molecule has 26 heavy (non-hydrogen) atoms. The van der Waals surface area contributed by atoms with Crippen molar-refractivity contribution in [1.29, 1.82) is 0 Å². The molecule has 0 radical (unpaired) electrons. The first-order valence-corrected chi connectivity index (χ1v) is 9.44. The van der Waals surface area contributed by atoms with Crippen molar-refractivity contribution < 1.29 is 14.3 Å². The molecule has 1 fully saturated rings. The fraction of sp³-hybridized carbons (Fsp3) is 0.278. The number of hydrogen-bond acceptors (Lipinski definition) is 6. The SMILES string of the molecule is O=C(Nc1ncc(-c2ccc3cnc(Cl)cc3c2)s1)OC1CCOCC1. The van der Waals surface area contributed by atoms with Gasteiger partial charge < -0.3 is 9.47 Å². The number of halogens is 1. The molecule has 0 unspecified atom stereocenters. The molecule has 1 aliphatic heterocycles. The fourth-order valence-electron chi connectivity index (χ4n) is 2.79. The van der Waals surface area contributed by atoms with Crippen LogP contribution in [0.3, 0.4) is 0 Å². The largest absolute Gasteiger partial charge is 0.446 e. The maximum atomic E-state index is 12.0. The summed E-state index contributed by atoms with van der Waals surface area (Å²) in [4.78, 5) is 21.3. The van der Waals surface area contributed by atoms with Crippen molar-refractivity contribution in [1.82, 2.24) is 9.97 Å². The average molecular weight is 390 g/mol. The van der Waals surface area contributed by atoms with Crippen LogP contribution in [0.5, 0.6) is 0 Å². The number of thiazole rings is 1. The molecule has 2 aromatic heterocycles. The number of carbonyl (C=O) groups is 1.